The lowest BCUT2D eigenvalue weighted by Gasteiger charge is -2.09. The molecule has 152 valence electrons. The van der Waals surface area contributed by atoms with Crippen LogP contribution in [0.3, 0.4) is 0 Å². The first-order valence-electron chi connectivity index (χ1n) is 9.93. The van der Waals surface area contributed by atoms with Crippen molar-refractivity contribution < 1.29 is 9.47 Å². The zero-order valence-corrected chi connectivity index (χ0v) is 17.2. The molecule has 0 aliphatic carbocycles. The van der Waals surface area contributed by atoms with Gasteiger partial charge in [0.05, 0.1) is 0 Å². The lowest BCUT2D eigenvalue weighted by atomic mass is 10.1. The quantitative estimate of drug-likeness (QED) is 0.351. The van der Waals surface area contributed by atoms with E-state index in [1.165, 1.54) is 0 Å². The van der Waals surface area contributed by atoms with E-state index in [0.29, 0.717) is 11.4 Å². The Morgan fingerprint density at radius 1 is 0.400 bits per heavy atom. The van der Waals surface area contributed by atoms with Crippen LogP contribution in [0.2, 0.25) is 0 Å². The second-order valence-corrected chi connectivity index (χ2v) is 6.39. The molecule has 4 rings (SSSR count). The molecule has 0 amide bonds. The summed E-state index contributed by atoms with van der Waals surface area (Å²) in [6.07, 6.45) is 0. The smallest absolute Gasteiger partial charge is 0.127 e. The van der Waals surface area contributed by atoms with E-state index in [4.69, 9.17) is 20.9 Å². The van der Waals surface area contributed by atoms with Crippen molar-refractivity contribution >= 4 is 11.4 Å². The molecule has 0 heterocycles. The van der Waals surface area contributed by atoms with E-state index in [1.807, 2.05) is 111 Å². The van der Waals surface area contributed by atoms with Gasteiger partial charge in [0.25, 0.3) is 0 Å². The summed E-state index contributed by atoms with van der Waals surface area (Å²) in [5.41, 5.74) is 15.0. The number of ether oxygens (including phenoxy) is 2. The van der Waals surface area contributed by atoms with Gasteiger partial charge >= 0.3 is 0 Å². The number of nitrogens with two attached hydrogens (primary N) is 2. The van der Waals surface area contributed by atoms with E-state index in [9.17, 15) is 0 Å². The minimum absolute atomic E-state index is 0.714. The molecule has 0 aliphatic heterocycles. The van der Waals surface area contributed by atoms with Gasteiger partial charge in [-0.25, -0.2) is 0 Å². The highest BCUT2D eigenvalue weighted by Gasteiger charge is 2.02. The molecular formula is C26H26N2O2. The molecule has 0 aromatic heterocycles. The highest BCUT2D eigenvalue weighted by molar-refractivity contribution is 5.65. The van der Waals surface area contributed by atoms with Gasteiger partial charge in [-0.2, -0.15) is 0 Å². The van der Waals surface area contributed by atoms with E-state index >= 15 is 0 Å². The van der Waals surface area contributed by atoms with Crippen molar-refractivity contribution in [2.75, 3.05) is 11.5 Å². The van der Waals surface area contributed by atoms with E-state index in [2.05, 4.69) is 0 Å². The van der Waals surface area contributed by atoms with Crippen LogP contribution in [0.4, 0.5) is 11.4 Å². The second kappa shape index (κ2) is 10.0. The molecular weight excluding hydrogens is 372 g/mol. The summed E-state index contributed by atoms with van der Waals surface area (Å²) in [6, 6.07) is 30.6. The topological polar surface area (TPSA) is 70.5 Å². The molecule has 4 aromatic rings. The van der Waals surface area contributed by atoms with Gasteiger partial charge in [0.1, 0.15) is 23.0 Å². The summed E-state index contributed by atoms with van der Waals surface area (Å²) in [5, 5.41) is 0. The Morgan fingerprint density at radius 3 is 0.900 bits per heavy atom. The monoisotopic (exact) mass is 398 g/mol. The zero-order valence-electron chi connectivity index (χ0n) is 17.2. The van der Waals surface area contributed by atoms with E-state index in [-0.39, 0.29) is 0 Å². The molecule has 30 heavy (non-hydrogen) atoms. The fourth-order valence-corrected chi connectivity index (χ4v) is 2.77. The van der Waals surface area contributed by atoms with Crippen LogP contribution < -0.4 is 20.9 Å². The molecule has 0 radical (unpaired) electrons. The summed E-state index contributed by atoms with van der Waals surface area (Å²) < 4.78 is 11.7. The molecule has 0 saturated heterocycles. The molecule has 4 N–H and O–H groups in total. The highest BCUT2D eigenvalue weighted by atomic mass is 16.5. The van der Waals surface area contributed by atoms with Crippen molar-refractivity contribution in [1.82, 2.24) is 0 Å². The minimum Gasteiger partial charge on any atom is -0.457 e. The van der Waals surface area contributed by atoms with Crippen molar-refractivity contribution in [3.8, 4) is 34.1 Å². The third-order valence-electron chi connectivity index (χ3n) is 4.27. The molecule has 4 nitrogen and oxygen atoms in total. The zero-order chi connectivity index (χ0) is 21.3. The Hall–Kier alpha value is -3.92. The van der Waals surface area contributed by atoms with Gasteiger partial charge in [0.2, 0.25) is 0 Å². The molecule has 0 aliphatic rings. The van der Waals surface area contributed by atoms with Crippen LogP contribution in [0, 0.1) is 0 Å². The lowest BCUT2D eigenvalue weighted by molar-refractivity contribution is 0.482. The summed E-state index contributed by atoms with van der Waals surface area (Å²) in [7, 11) is 0. The van der Waals surface area contributed by atoms with Crippen LogP contribution in [0.15, 0.2) is 97.1 Å². The normalized spacial score (nSPS) is 9.93. The molecule has 0 bridgehead atoms. The molecule has 0 saturated carbocycles. The fourth-order valence-electron chi connectivity index (χ4n) is 2.77. The predicted molar refractivity (Wildman–Crippen MR) is 125 cm³/mol. The summed E-state index contributed by atoms with van der Waals surface area (Å²) >= 11 is 0. The lowest BCUT2D eigenvalue weighted by Crippen LogP contribution is -1.87. The summed E-state index contributed by atoms with van der Waals surface area (Å²) in [6.45, 7) is 4.00. The van der Waals surface area contributed by atoms with E-state index in [1.54, 1.807) is 0 Å². The number of hydrogen-bond donors (Lipinski definition) is 2. The van der Waals surface area contributed by atoms with E-state index < -0.39 is 0 Å². The Bertz CT molecular complexity index is 951. The van der Waals surface area contributed by atoms with Crippen molar-refractivity contribution in [2.24, 2.45) is 0 Å². The molecule has 0 atom stereocenters. The average molecular weight is 399 g/mol. The first-order chi connectivity index (χ1) is 14.7. The van der Waals surface area contributed by atoms with Gasteiger partial charge in [-0.1, -0.05) is 38.1 Å². The number of hydrogen-bond acceptors (Lipinski definition) is 4. The molecule has 4 aromatic carbocycles. The van der Waals surface area contributed by atoms with Gasteiger partial charge in [0, 0.05) is 11.4 Å². The molecule has 0 fully saturated rings. The number of nitrogen functional groups attached to an aromatic ring is 2. The van der Waals surface area contributed by atoms with Crippen LogP contribution in [0.25, 0.3) is 11.1 Å². The predicted octanol–water partition coefficient (Wildman–Crippen LogP) is 7.13. The fraction of sp³-hybridized carbons (Fsp3) is 0.0769. The van der Waals surface area contributed by atoms with Gasteiger partial charge in [0.15, 0.2) is 0 Å². The van der Waals surface area contributed by atoms with Crippen molar-refractivity contribution in [3.63, 3.8) is 0 Å². The maximum absolute atomic E-state index is 5.83. The van der Waals surface area contributed by atoms with Crippen LogP contribution in [-0.4, -0.2) is 0 Å². The highest BCUT2D eigenvalue weighted by Crippen LogP contribution is 2.29. The minimum atomic E-state index is 0.714. The first-order valence-corrected chi connectivity index (χ1v) is 9.93. The van der Waals surface area contributed by atoms with Crippen molar-refractivity contribution in [2.45, 2.75) is 13.8 Å². The molecule has 0 spiro atoms. The standard InChI is InChI=1S/C24H20N2O2.C2H6/c25-19-5-13-23(14-6-19)27-21-9-1-17(2-10-21)18-3-11-22(12-4-18)28-24-15-7-20(26)8-16-24;1-2/h1-16H,25-26H2;1-2H3. The Kier molecular flexibility index (Phi) is 6.95. The maximum Gasteiger partial charge on any atom is 0.127 e. The number of benzene rings is 4. The van der Waals surface area contributed by atoms with Crippen LogP contribution >= 0.6 is 0 Å². The van der Waals surface area contributed by atoms with E-state index in [0.717, 1.165) is 34.1 Å². The Morgan fingerprint density at radius 2 is 0.633 bits per heavy atom. The van der Waals surface area contributed by atoms with Crippen molar-refractivity contribution in [3.05, 3.63) is 97.1 Å². The van der Waals surface area contributed by atoms with Gasteiger partial charge < -0.3 is 20.9 Å². The summed E-state index contributed by atoms with van der Waals surface area (Å²) in [5.74, 6) is 3.06. The SMILES string of the molecule is CC.Nc1ccc(Oc2ccc(-c3ccc(Oc4ccc(N)cc4)cc3)cc2)cc1. The maximum atomic E-state index is 5.83. The van der Waals surface area contributed by atoms with Gasteiger partial charge in [-0.05, 0) is 83.9 Å². The summed E-state index contributed by atoms with van der Waals surface area (Å²) in [4.78, 5) is 0. The molecule has 4 heteroatoms. The first kappa shape index (κ1) is 20.8. The molecule has 0 unspecified atom stereocenters. The number of anilines is 2. The number of rotatable bonds is 5. The van der Waals surface area contributed by atoms with Crippen LogP contribution in [0.5, 0.6) is 23.0 Å². The van der Waals surface area contributed by atoms with Gasteiger partial charge in [-0.15, -0.1) is 0 Å². The largest absolute Gasteiger partial charge is 0.457 e. The van der Waals surface area contributed by atoms with Crippen LogP contribution in [0.1, 0.15) is 13.8 Å². The van der Waals surface area contributed by atoms with Gasteiger partial charge in [-0.3, -0.25) is 0 Å². The van der Waals surface area contributed by atoms with Crippen molar-refractivity contribution in [1.29, 1.82) is 0 Å². The average Bonchev–Trinajstić information content (AvgIpc) is 2.79. The Labute approximate surface area is 177 Å². The van der Waals surface area contributed by atoms with Crippen LogP contribution in [-0.2, 0) is 0 Å². The third-order valence-corrected chi connectivity index (χ3v) is 4.27. The third kappa shape index (κ3) is 5.55. The Balaban J connectivity index is 0.00000124. The second-order valence-electron chi connectivity index (χ2n) is 6.39.